The number of rotatable bonds is 3. The monoisotopic (exact) mass is 200 g/mol. The highest BCUT2D eigenvalue weighted by Crippen LogP contribution is 2.16. The van der Waals surface area contributed by atoms with Crippen LogP contribution in [0.25, 0.3) is 11.3 Å². The third-order valence-electron chi connectivity index (χ3n) is 2.26. The summed E-state index contributed by atoms with van der Waals surface area (Å²) < 4.78 is 2.01. The van der Waals surface area contributed by atoms with Crippen LogP contribution in [0.3, 0.4) is 0 Å². The first-order valence-electron chi connectivity index (χ1n) is 5.34. The van der Waals surface area contributed by atoms with E-state index >= 15 is 0 Å². The van der Waals surface area contributed by atoms with E-state index in [9.17, 15) is 0 Å². The van der Waals surface area contributed by atoms with E-state index in [0.717, 1.165) is 12.2 Å². The van der Waals surface area contributed by atoms with E-state index in [-0.39, 0.29) is 0 Å². The van der Waals surface area contributed by atoms with Crippen molar-refractivity contribution >= 4 is 0 Å². The van der Waals surface area contributed by atoms with Gasteiger partial charge in [0.25, 0.3) is 0 Å². The van der Waals surface area contributed by atoms with Gasteiger partial charge in [0.05, 0.1) is 5.69 Å². The van der Waals surface area contributed by atoms with E-state index < -0.39 is 0 Å². The first-order valence-corrected chi connectivity index (χ1v) is 5.34. The Hall–Kier alpha value is -1.57. The molecule has 0 radical (unpaired) electrons. The molecule has 0 aliphatic heterocycles. The van der Waals surface area contributed by atoms with Crippen molar-refractivity contribution in [1.29, 1.82) is 0 Å². The number of benzene rings is 1. The molecule has 2 rings (SSSR count). The zero-order valence-electron chi connectivity index (χ0n) is 9.22. The van der Waals surface area contributed by atoms with Gasteiger partial charge < -0.3 is 0 Å². The van der Waals surface area contributed by atoms with Crippen LogP contribution in [0.2, 0.25) is 0 Å². The first-order chi connectivity index (χ1) is 7.25. The number of hydrogen-bond acceptors (Lipinski definition) is 1. The van der Waals surface area contributed by atoms with Crippen LogP contribution in [0.4, 0.5) is 0 Å². The fourth-order valence-corrected chi connectivity index (χ4v) is 1.60. The van der Waals surface area contributed by atoms with Crippen LogP contribution in [-0.4, -0.2) is 9.78 Å². The summed E-state index contributed by atoms with van der Waals surface area (Å²) in [6, 6.07) is 12.3. The zero-order chi connectivity index (χ0) is 10.7. The van der Waals surface area contributed by atoms with Crippen LogP contribution in [0.15, 0.2) is 42.6 Å². The van der Waals surface area contributed by atoms with Crippen LogP contribution in [0, 0.1) is 5.92 Å². The largest absolute Gasteiger partial charge is 0.272 e. The normalized spacial score (nSPS) is 10.9. The number of aromatic nitrogens is 2. The van der Waals surface area contributed by atoms with Crippen molar-refractivity contribution < 1.29 is 0 Å². The fourth-order valence-electron chi connectivity index (χ4n) is 1.60. The molecule has 0 unspecified atom stereocenters. The maximum absolute atomic E-state index is 4.54. The molecule has 0 saturated carbocycles. The summed E-state index contributed by atoms with van der Waals surface area (Å²) in [5, 5.41) is 4.54. The van der Waals surface area contributed by atoms with Crippen molar-refractivity contribution in [3.8, 4) is 11.3 Å². The second-order valence-corrected chi connectivity index (χ2v) is 4.18. The van der Waals surface area contributed by atoms with E-state index in [0.29, 0.717) is 5.92 Å². The zero-order valence-corrected chi connectivity index (χ0v) is 9.22. The Kier molecular flexibility index (Phi) is 2.86. The van der Waals surface area contributed by atoms with Gasteiger partial charge in [-0.3, -0.25) is 4.68 Å². The van der Waals surface area contributed by atoms with Gasteiger partial charge in [0, 0.05) is 18.3 Å². The summed E-state index contributed by atoms with van der Waals surface area (Å²) in [6.07, 6.45) is 2.04. The van der Waals surface area contributed by atoms with Crippen molar-refractivity contribution in [1.82, 2.24) is 9.78 Å². The second-order valence-electron chi connectivity index (χ2n) is 4.18. The highest BCUT2D eigenvalue weighted by atomic mass is 15.3. The minimum absolute atomic E-state index is 0.633. The van der Waals surface area contributed by atoms with Gasteiger partial charge in [0.1, 0.15) is 0 Å². The molecule has 2 aromatic rings. The molecule has 0 N–H and O–H groups in total. The summed E-state index contributed by atoms with van der Waals surface area (Å²) in [5.41, 5.74) is 2.23. The Morgan fingerprint density at radius 3 is 2.53 bits per heavy atom. The van der Waals surface area contributed by atoms with Crippen molar-refractivity contribution in [3.63, 3.8) is 0 Å². The van der Waals surface area contributed by atoms with Gasteiger partial charge in [0.2, 0.25) is 0 Å². The van der Waals surface area contributed by atoms with Crippen LogP contribution >= 0.6 is 0 Å². The van der Waals surface area contributed by atoms with Gasteiger partial charge >= 0.3 is 0 Å². The van der Waals surface area contributed by atoms with Crippen molar-refractivity contribution in [2.45, 2.75) is 20.4 Å². The summed E-state index contributed by atoms with van der Waals surface area (Å²) >= 11 is 0. The quantitative estimate of drug-likeness (QED) is 0.744. The predicted molar refractivity (Wildman–Crippen MR) is 62.5 cm³/mol. The molecule has 2 heteroatoms. The molecular formula is C13H16N2. The highest BCUT2D eigenvalue weighted by molar-refractivity contribution is 5.57. The van der Waals surface area contributed by atoms with Gasteiger partial charge in [0.15, 0.2) is 0 Å². The predicted octanol–water partition coefficient (Wildman–Crippen LogP) is 3.21. The van der Waals surface area contributed by atoms with Crippen LogP contribution in [0.5, 0.6) is 0 Å². The lowest BCUT2D eigenvalue weighted by Gasteiger charge is -2.03. The SMILES string of the molecule is CC(C)Cn1ccc(-c2ccccc2)n1. The maximum atomic E-state index is 4.54. The second kappa shape index (κ2) is 4.30. The number of nitrogens with zero attached hydrogens (tertiary/aromatic N) is 2. The lowest BCUT2D eigenvalue weighted by molar-refractivity contribution is 0.484. The summed E-state index contributed by atoms with van der Waals surface area (Å²) in [7, 11) is 0. The Balaban J connectivity index is 2.21. The fraction of sp³-hybridized carbons (Fsp3) is 0.308. The minimum Gasteiger partial charge on any atom is -0.272 e. The van der Waals surface area contributed by atoms with E-state index in [4.69, 9.17) is 0 Å². The summed E-state index contributed by atoms with van der Waals surface area (Å²) in [4.78, 5) is 0. The molecule has 0 saturated heterocycles. The molecular weight excluding hydrogens is 184 g/mol. The molecule has 1 heterocycles. The first kappa shape index (κ1) is 9.97. The van der Waals surface area contributed by atoms with E-state index in [1.807, 2.05) is 29.1 Å². The molecule has 0 aliphatic rings. The van der Waals surface area contributed by atoms with Gasteiger partial charge in [-0.2, -0.15) is 5.10 Å². The summed E-state index contributed by atoms with van der Waals surface area (Å²) in [5.74, 6) is 0.633. The lowest BCUT2D eigenvalue weighted by atomic mass is 10.2. The Bertz CT molecular complexity index is 415. The highest BCUT2D eigenvalue weighted by Gasteiger charge is 2.02. The minimum atomic E-state index is 0.633. The molecule has 0 spiro atoms. The average Bonchev–Trinajstić information content (AvgIpc) is 2.67. The third kappa shape index (κ3) is 2.46. The average molecular weight is 200 g/mol. The Labute approximate surface area is 90.6 Å². The van der Waals surface area contributed by atoms with Crippen molar-refractivity contribution in [2.75, 3.05) is 0 Å². The smallest absolute Gasteiger partial charge is 0.0923 e. The molecule has 0 aliphatic carbocycles. The van der Waals surface area contributed by atoms with Crippen LogP contribution in [0.1, 0.15) is 13.8 Å². The van der Waals surface area contributed by atoms with Crippen LogP contribution < -0.4 is 0 Å². The summed E-state index contributed by atoms with van der Waals surface area (Å²) in [6.45, 7) is 5.38. The standard InChI is InChI=1S/C13H16N2/c1-11(2)10-15-9-8-13(14-15)12-6-4-3-5-7-12/h3-9,11H,10H2,1-2H3. The maximum Gasteiger partial charge on any atom is 0.0923 e. The number of hydrogen-bond donors (Lipinski definition) is 0. The molecule has 0 amide bonds. The topological polar surface area (TPSA) is 17.8 Å². The molecule has 2 nitrogen and oxygen atoms in total. The molecule has 15 heavy (non-hydrogen) atoms. The van der Waals surface area contributed by atoms with Crippen molar-refractivity contribution in [3.05, 3.63) is 42.6 Å². The van der Waals surface area contributed by atoms with Gasteiger partial charge in [-0.25, -0.2) is 0 Å². The molecule has 0 atom stereocenters. The Morgan fingerprint density at radius 1 is 1.13 bits per heavy atom. The van der Waals surface area contributed by atoms with Gasteiger partial charge in [-0.05, 0) is 12.0 Å². The molecule has 0 fully saturated rings. The van der Waals surface area contributed by atoms with Gasteiger partial charge in [-0.15, -0.1) is 0 Å². The molecule has 1 aromatic carbocycles. The van der Waals surface area contributed by atoms with Gasteiger partial charge in [-0.1, -0.05) is 44.2 Å². The van der Waals surface area contributed by atoms with Crippen molar-refractivity contribution in [2.24, 2.45) is 5.92 Å². The van der Waals surface area contributed by atoms with Crippen LogP contribution in [-0.2, 0) is 6.54 Å². The van der Waals surface area contributed by atoms with E-state index in [1.165, 1.54) is 5.56 Å². The van der Waals surface area contributed by atoms with E-state index in [1.54, 1.807) is 0 Å². The molecule has 78 valence electrons. The lowest BCUT2D eigenvalue weighted by Crippen LogP contribution is -2.04. The Morgan fingerprint density at radius 2 is 1.87 bits per heavy atom. The molecule has 0 bridgehead atoms. The molecule has 1 aromatic heterocycles. The third-order valence-corrected chi connectivity index (χ3v) is 2.26. The van der Waals surface area contributed by atoms with E-state index in [2.05, 4.69) is 37.1 Å².